The van der Waals surface area contributed by atoms with Crippen molar-refractivity contribution in [1.29, 1.82) is 0 Å². The molecule has 0 saturated carbocycles. The van der Waals surface area contributed by atoms with Gasteiger partial charge in [0.2, 0.25) is 0 Å². The van der Waals surface area contributed by atoms with Crippen molar-refractivity contribution in [2.24, 2.45) is 16.2 Å². The molecule has 3 rings (SSSR count). The Morgan fingerprint density at radius 2 is 1.52 bits per heavy atom. The van der Waals surface area contributed by atoms with Gasteiger partial charge in [0.05, 0.1) is 0 Å². The molecule has 1 aromatic rings. The van der Waals surface area contributed by atoms with Crippen LogP contribution < -0.4 is 0 Å². The molecule has 0 aromatic heterocycles. The van der Waals surface area contributed by atoms with Gasteiger partial charge in [0, 0.05) is 5.41 Å². The molecule has 0 radical (unpaired) electrons. The van der Waals surface area contributed by atoms with Gasteiger partial charge in [-0.25, -0.2) is 0 Å². The minimum absolute atomic E-state index is 0.205. The van der Waals surface area contributed by atoms with Crippen LogP contribution in [0.1, 0.15) is 59.1 Å². The molecule has 112 valence electrons. The Labute approximate surface area is 130 Å². The smallest absolute Gasteiger partial charge is 0.00226 e. The lowest BCUT2D eigenvalue weighted by molar-refractivity contribution is 0.0213. The Kier molecular flexibility index (Phi) is 3.03. The Morgan fingerprint density at radius 3 is 2.14 bits per heavy atom. The van der Waals surface area contributed by atoms with E-state index in [-0.39, 0.29) is 16.2 Å². The third-order valence-electron chi connectivity index (χ3n) is 5.81. The van der Waals surface area contributed by atoms with E-state index in [1.165, 1.54) is 17.5 Å². The van der Waals surface area contributed by atoms with E-state index in [0.717, 1.165) is 6.42 Å². The first-order chi connectivity index (χ1) is 9.66. The highest BCUT2D eigenvalue weighted by molar-refractivity contribution is 5.80. The number of allylic oxidation sites excluding steroid dienone is 4. The van der Waals surface area contributed by atoms with Crippen LogP contribution in [0.4, 0.5) is 0 Å². The molecule has 0 bridgehead atoms. The molecule has 1 aromatic carbocycles. The molecule has 0 heteroatoms. The summed E-state index contributed by atoms with van der Waals surface area (Å²) in [6.45, 7) is 14.4. The summed E-state index contributed by atoms with van der Waals surface area (Å²) in [5.74, 6) is 0. The van der Waals surface area contributed by atoms with Gasteiger partial charge in [0.15, 0.2) is 0 Å². The maximum atomic E-state index is 2.53. The fourth-order valence-electron chi connectivity index (χ4n) is 4.56. The van der Waals surface area contributed by atoms with Gasteiger partial charge < -0.3 is 0 Å². The first-order valence-corrected chi connectivity index (χ1v) is 8.15. The highest BCUT2D eigenvalue weighted by atomic mass is 14.5. The van der Waals surface area contributed by atoms with E-state index in [0.29, 0.717) is 0 Å². The Hall–Kier alpha value is -1.30. The van der Waals surface area contributed by atoms with Crippen LogP contribution in [0.5, 0.6) is 0 Å². The molecule has 0 spiro atoms. The number of hydrogen-bond donors (Lipinski definition) is 0. The van der Waals surface area contributed by atoms with Crippen molar-refractivity contribution in [1.82, 2.24) is 0 Å². The van der Waals surface area contributed by atoms with Crippen molar-refractivity contribution >= 4 is 5.57 Å². The van der Waals surface area contributed by atoms with Crippen LogP contribution in [-0.4, -0.2) is 0 Å². The number of rotatable bonds is 0. The molecular formula is C21H28. The summed E-state index contributed by atoms with van der Waals surface area (Å²) in [7, 11) is 0. The second kappa shape index (κ2) is 4.35. The van der Waals surface area contributed by atoms with Crippen LogP contribution in [0.15, 0.2) is 42.0 Å². The third kappa shape index (κ3) is 2.03. The topological polar surface area (TPSA) is 0 Å². The molecule has 0 unspecified atom stereocenters. The molecule has 0 nitrogen and oxygen atoms in total. The highest BCUT2D eigenvalue weighted by Gasteiger charge is 2.50. The summed E-state index contributed by atoms with van der Waals surface area (Å²) < 4.78 is 0. The van der Waals surface area contributed by atoms with E-state index in [4.69, 9.17) is 0 Å². The molecule has 0 saturated heterocycles. The van der Waals surface area contributed by atoms with Gasteiger partial charge in [0.1, 0.15) is 0 Å². The van der Waals surface area contributed by atoms with Crippen molar-refractivity contribution in [3.05, 3.63) is 53.1 Å². The molecule has 0 N–H and O–H groups in total. The molecule has 0 amide bonds. The first-order valence-electron chi connectivity index (χ1n) is 8.15. The van der Waals surface area contributed by atoms with Crippen LogP contribution in [-0.2, 0) is 6.42 Å². The maximum absolute atomic E-state index is 2.53. The predicted molar refractivity (Wildman–Crippen MR) is 92.2 cm³/mol. The summed E-state index contributed by atoms with van der Waals surface area (Å²) in [6, 6.07) is 8.95. The minimum atomic E-state index is 0.205. The lowest BCUT2D eigenvalue weighted by Crippen LogP contribution is -2.45. The Balaban J connectivity index is 2.11. The molecule has 0 aliphatic heterocycles. The predicted octanol–water partition coefficient (Wildman–Crippen LogP) is 6.03. The van der Waals surface area contributed by atoms with Gasteiger partial charge in [0.25, 0.3) is 0 Å². The van der Waals surface area contributed by atoms with Gasteiger partial charge >= 0.3 is 0 Å². The Morgan fingerprint density at radius 1 is 0.905 bits per heavy atom. The van der Waals surface area contributed by atoms with Gasteiger partial charge in [-0.2, -0.15) is 0 Å². The summed E-state index contributed by atoms with van der Waals surface area (Å²) in [5.41, 5.74) is 6.84. The summed E-state index contributed by atoms with van der Waals surface area (Å²) in [4.78, 5) is 0. The van der Waals surface area contributed by atoms with Crippen LogP contribution in [0, 0.1) is 16.2 Å². The van der Waals surface area contributed by atoms with Crippen LogP contribution >= 0.6 is 0 Å². The standard InChI is InChI=1S/C21H28/c1-19(2,3)21(20(4,5)6)12-11-16-13-15-9-7-8-10-17(15)18(16)14-21/h7-12H,13-14H2,1-6H3. The van der Waals surface area contributed by atoms with E-state index in [1.54, 1.807) is 11.1 Å². The average molecular weight is 280 g/mol. The fraction of sp³-hybridized carbons (Fsp3) is 0.524. The minimum Gasteiger partial charge on any atom is -0.0766 e. The largest absolute Gasteiger partial charge is 0.0766 e. The van der Waals surface area contributed by atoms with Crippen LogP contribution in [0.25, 0.3) is 5.57 Å². The zero-order valence-corrected chi connectivity index (χ0v) is 14.4. The molecule has 2 aliphatic rings. The second-order valence-corrected chi connectivity index (χ2v) is 8.82. The number of hydrogen-bond acceptors (Lipinski definition) is 0. The molecule has 2 aliphatic carbocycles. The number of benzene rings is 1. The van der Waals surface area contributed by atoms with Crippen molar-refractivity contribution < 1.29 is 0 Å². The van der Waals surface area contributed by atoms with Crippen molar-refractivity contribution in [2.75, 3.05) is 0 Å². The molecule has 0 atom stereocenters. The molecular weight excluding hydrogens is 252 g/mol. The van der Waals surface area contributed by atoms with Crippen molar-refractivity contribution in [3.63, 3.8) is 0 Å². The maximum Gasteiger partial charge on any atom is 0.00226 e. The normalized spacial score (nSPS) is 20.5. The third-order valence-corrected chi connectivity index (χ3v) is 5.81. The van der Waals surface area contributed by atoms with E-state index in [9.17, 15) is 0 Å². The van der Waals surface area contributed by atoms with Crippen LogP contribution in [0.2, 0.25) is 0 Å². The van der Waals surface area contributed by atoms with Gasteiger partial charge in [-0.15, -0.1) is 0 Å². The van der Waals surface area contributed by atoms with E-state index < -0.39 is 0 Å². The van der Waals surface area contributed by atoms with E-state index in [2.05, 4.69) is 78.0 Å². The van der Waals surface area contributed by atoms with Gasteiger partial charge in [-0.05, 0) is 45.9 Å². The van der Waals surface area contributed by atoms with Gasteiger partial charge in [-0.1, -0.05) is 78.0 Å². The zero-order valence-electron chi connectivity index (χ0n) is 14.4. The number of fused-ring (bicyclic) bond motifs is 2. The average Bonchev–Trinajstić information content (AvgIpc) is 2.73. The summed E-state index contributed by atoms with van der Waals surface area (Å²) in [6.07, 6.45) is 7.24. The first kappa shape index (κ1) is 14.6. The zero-order chi connectivity index (χ0) is 15.5. The summed E-state index contributed by atoms with van der Waals surface area (Å²) >= 11 is 0. The Bertz CT molecular complexity index is 613. The van der Waals surface area contributed by atoms with Gasteiger partial charge in [-0.3, -0.25) is 0 Å². The van der Waals surface area contributed by atoms with Crippen molar-refractivity contribution in [3.8, 4) is 0 Å². The van der Waals surface area contributed by atoms with E-state index >= 15 is 0 Å². The fourth-order valence-corrected chi connectivity index (χ4v) is 4.56. The lowest BCUT2D eigenvalue weighted by Gasteiger charge is -2.54. The molecule has 21 heavy (non-hydrogen) atoms. The highest BCUT2D eigenvalue weighted by Crippen LogP contribution is 2.60. The monoisotopic (exact) mass is 280 g/mol. The lowest BCUT2D eigenvalue weighted by atomic mass is 9.50. The second-order valence-electron chi connectivity index (χ2n) is 8.82. The quantitative estimate of drug-likeness (QED) is 0.544. The molecule has 0 fully saturated rings. The van der Waals surface area contributed by atoms with E-state index in [1.807, 2.05) is 0 Å². The molecule has 0 heterocycles. The SMILES string of the molecule is CC(C)(C)C1(C(C)(C)C)C=CC2=C(C1)c1ccccc1C2. The van der Waals surface area contributed by atoms with Crippen molar-refractivity contribution in [2.45, 2.75) is 54.4 Å². The summed E-state index contributed by atoms with van der Waals surface area (Å²) in [5, 5.41) is 0. The van der Waals surface area contributed by atoms with Crippen LogP contribution in [0.3, 0.4) is 0 Å².